The van der Waals surface area contributed by atoms with Crippen LogP contribution < -0.4 is 19.7 Å². The number of pyridine rings is 1. The van der Waals surface area contributed by atoms with Crippen molar-refractivity contribution in [1.29, 1.82) is 0 Å². The standard InChI is InChI=1S/C39H40F4N6O4/c1-3-27-29(40)7-4-23-16-26(50)17-28(30(23)27)33-32(41)34-31(37(45-33)52-15-14-51-2)36(49-18-24-5-6-25(19-49)44-24)47-38(46-34)53-21-39(10-11-39)20-48-12-8-22(9-13-48)35(42)43/h1,4,7,16-17,24-25,44,50H,5-6,8-15,18-21H2,2H3. The monoisotopic (exact) mass is 732 g/mol. The number of anilines is 1. The van der Waals surface area contributed by atoms with Gasteiger partial charge < -0.3 is 34.4 Å². The number of rotatable bonds is 11. The van der Waals surface area contributed by atoms with Crippen LogP contribution in [-0.4, -0.2) is 96.7 Å². The summed E-state index contributed by atoms with van der Waals surface area (Å²) in [6.07, 6.45) is 8.64. The van der Waals surface area contributed by atoms with Crippen molar-refractivity contribution in [3.63, 3.8) is 0 Å². The fourth-order valence-corrected chi connectivity index (χ4v) is 8.01. The number of piperidine rings is 1. The van der Waals surface area contributed by atoms with Crippen LogP contribution in [0.15, 0.2) is 35.9 Å². The van der Waals surface area contributed by atoms with Crippen LogP contribution in [0.1, 0.15) is 44.1 Å². The number of methoxy groups -OCH3 is 1. The summed E-state index contributed by atoms with van der Waals surface area (Å²) in [5.41, 5.74) is -0.371. The molecule has 2 aromatic heterocycles. The first-order valence-corrected chi connectivity index (χ1v) is 18.0. The minimum atomic E-state index is -1.57. The number of benzene rings is 2. The molecule has 2 aromatic carbocycles. The van der Waals surface area contributed by atoms with Crippen LogP contribution in [0.4, 0.5) is 23.4 Å². The molecule has 10 nitrogen and oxygen atoms in total. The number of nitrogens with one attached hydrogen (secondary N) is 1. The largest absolute Gasteiger partial charge is 0.508 e. The second kappa shape index (κ2) is 14.3. The van der Waals surface area contributed by atoms with Crippen LogP contribution in [-0.2, 0) is 4.74 Å². The highest BCUT2D eigenvalue weighted by Gasteiger charge is 2.45. The minimum absolute atomic E-state index is 0.0250. The Bertz CT molecular complexity index is 2130. The first kappa shape index (κ1) is 35.3. The highest BCUT2D eigenvalue weighted by molar-refractivity contribution is 6.04. The molecule has 4 aromatic rings. The molecule has 2 bridgehead atoms. The smallest absolute Gasteiger partial charge is 0.319 e. The molecule has 5 heterocycles. The van der Waals surface area contributed by atoms with Gasteiger partial charge in [-0.2, -0.15) is 18.7 Å². The van der Waals surface area contributed by atoms with Crippen molar-refractivity contribution in [1.82, 2.24) is 25.2 Å². The maximum atomic E-state index is 17.3. The quantitative estimate of drug-likeness (QED) is 0.106. The minimum Gasteiger partial charge on any atom is -0.508 e. The van der Waals surface area contributed by atoms with Crippen LogP contribution in [0, 0.1) is 29.4 Å². The summed E-state index contributed by atoms with van der Waals surface area (Å²) in [6, 6.07) is 5.79. The summed E-state index contributed by atoms with van der Waals surface area (Å²) in [4.78, 5) is 18.5. The zero-order valence-electron chi connectivity index (χ0n) is 29.4. The molecular weight excluding hydrogens is 692 g/mol. The second-order valence-electron chi connectivity index (χ2n) is 14.6. The van der Waals surface area contributed by atoms with Crippen molar-refractivity contribution in [3.8, 4) is 41.2 Å². The lowest BCUT2D eigenvalue weighted by molar-refractivity contribution is 0.144. The predicted octanol–water partition coefficient (Wildman–Crippen LogP) is 6.18. The number of likely N-dealkylation sites (tertiary alicyclic amines) is 1. The van der Waals surface area contributed by atoms with E-state index in [9.17, 15) is 13.9 Å². The number of ether oxygens (including phenoxy) is 3. The topological polar surface area (TPSA) is 105 Å². The third-order valence-corrected chi connectivity index (χ3v) is 11.0. The Hall–Kier alpha value is -4.71. The lowest BCUT2D eigenvalue weighted by atomic mass is 9.95. The van der Waals surface area contributed by atoms with Gasteiger partial charge in [0.1, 0.15) is 40.6 Å². The van der Waals surface area contributed by atoms with Crippen LogP contribution in [0.3, 0.4) is 0 Å². The number of aromatic nitrogens is 3. The van der Waals surface area contributed by atoms with E-state index in [2.05, 4.69) is 31.0 Å². The predicted molar refractivity (Wildman–Crippen MR) is 191 cm³/mol. The molecule has 4 aliphatic rings. The second-order valence-corrected chi connectivity index (χ2v) is 14.6. The Labute approximate surface area is 304 Å². The number of hydrogen-bond donors (Lipinski definition) is 2. The molecule has 4 fully saturated rings. The molecule has 2 atom stereocenters. The van der Waals surface area contributed by atoms with Gasteiger partial charge in [-0.05, 0) is 67.7 Å². The van der Waals surface area contributed by atoms with Gasteiger partial charge in [0.25, 0.3) is 6.08 Å². The van der Waals surface area contributed by atoms with Crippen LogP contribution in [0.2, 0.25) is 0 Å². The molecule has 0 spiro atoms. The molecule has 2 unspecified atom stereocenters. The third kappa shape index (κ3) is 6.93. The average molecular weight is 733 g/mol. The molecule has 8 rings (SSSR count). The Balaban J connectivity index is 1.24. The first-order chi connectivity index (χ1) is 25.6. The van der Waals surface area contributed by atoms with Crippen molar-refractivity contribution < 1.29 is 36.9 Å². The molecule has 14 heteroatoms. The summed E-state index contributed by atoms with van der Waals surface area (Å²) < 4.78 is 76.4. The Morgan fingerprint density at radius 3 is 2.45 bits per heavy atom. The molecular formula is C39H40F4N6O4. The number of hydrogen-bond acceptors (Lipinski definition) is 10. The summed E-state index contributed by atoms with van der Waals surface area (Å²) in [6.45, 7) is 3.57. The zero-order valence-corrected chi connectivity index (χ0v) is 29.4. The summed E-state index contributed by atoms with van der Waals surface area (Å²) in [7, 11) is 1.53. The van der Waals surface area contributed by atoms with Gasteiger partial charge in [-0.25, -0.2) is 13.8 Å². The van der Waals surface area contributed by atoms with E-state index in [1.165, 1.54) is 31.4 Å². The number of piperazine rings is 1. The van der Waals surface area contributed by atoms with E-state index in [-0.39, 0.29) is 93.6 Å². The number of fused-ring (bicyclic) bond motifs is 4. The molecule has 0 radical (unpaired) electrons. The maximum absolute atomic E-state index is 17.3. The van der Waals surface area contributed by atoms with E-state index in [0.29, 0.717) is 56.8 Å². The number of terminal acetylenes is 1. The molecule has 278 valence electrons. The molecule has 1 aliphatic carbocycles. The van der Waals surface area contributed by atoms with E-state index >= 15 is 8.78 Å². The molecule has 0 amide bonds. The lowest BCUT2D eigenvalue weighted by Gasteiger charge is -2.34. The summed E-state index contributed by atoms with van der Waals surface area (Å²) in [5.74, 6) is 1.12. The molecule has 3 saturated heterocycles. The first-order valence-electron chi connectivity index (χ1n) is 18.0. The van der Waals surface area contributed by atoms with Gasteiger partial charge in [-0.15, -0.1) is 6.42 Å². The molecule has 3 aliphatic heterocycles. The van der Waals surface area contributed by atoms with Crippen molar-refractivity contribution >= 4 is 27.5 Å². The fourth-order valence-electron chi connectivity index (χ4n) is 8.01. The van der Waals surface area contributed by atoms with Gasteiger partial charge in [0.15, 0.2) is 5.82 Å². The third-order valence-electron chi connectivity index (χ3n) is 11.0. The number of phenols is 1. The van der Waals surface area contributed by atoms with Crippen molar-refractivity contribution in [3.05, 3.63) is 53.1 Å². The molecule has 53 heavy (non-hydrogen) atoms. The van der Waals surface area contributed by atoms with Gasteiger partial charge >= 0.3 is 6.01 Å². The van der Waals surface area contributed by atoms with Gasteiger partial charge in [0, 0.05) is 68.3 Å². The summed E-state index contributed by atoms with van der Waals surface area (Å²) >= 11 is 0. The van der Waals surface area contributed by atoms with Crippen molar-refractivity contribution in [2.75, 3.05) is 64.6 Å². The summed E-state index contributed by atoms with van der Waals surface area (Å²) in [5, 5.41) is 15.2. The van der Waals surface area contributed by atoms with Gasteiger partial charge in [-0.3, -0.25) is 0 Å². The van der Waals surface area contributed by atoms with Crippen molar-refractivity contribution in [2.45, 2.75) is 50.6 Å². The van der Waals surface area contributed by atoms with Crippen LogP contribution >= 0.6 is 0 Å². The highest BCUT2D eigenvalue weighted by Crippen LogP contribution is 2.48. The zero-order chi connectivity index (χ0) is 36.9. The highest BCUT2D eigenvalue weighted by atomic mass is 19.3. The van der Waals surface area contributed by atoms with E-state index in [4.69, 9.17) is 25.6 Å². The van der Waals surface area contributed by atoms with Crippen molar-refractivity contribution in [2.24, 2.45) is 5.41 Å². The molecule has 2 N–H and O–H groups in total. The van der Waals surface area contributed by atoms with Crippen LogP contribution in [0.25, 0.3) is 32.9 Å². The Morgan fingerprint density at radius 1 is 1.02 bits per heavy atom. The van der Waals surface area contributed by atoms with Gasteiger partial charge in [-0.1, -0.05) is 12.0 Å². The Morgan fingerprint density at radius 2 is 1.77 bits per heavy atom. The Kier molecular flexibility index (Phi) is 9.51. The number of nitrogens with zero attached hydrogens (tertiary/aromatic N) is 5. The van der Waals surface area contributed by atoms with Crippen LogP contribution in [0.5, 0.6) is 17.6 Å². The number of aromatic hydroxyl groups is 1. The SMILES string of the molecule is C#Cc1c(F)ccc2cc(O)cc(-c3nc(OCCOC)c4c(N5CC6CCC(C5)N6)nc(OCC5(CN6CCC(=C(F)F)CC6)CC5)nc4c3F)c12. The van der Waals surface area contributed by atoms with Gasteiger partial charge in [0.2, 0.25) is 5.88 Å². The van der Waals surface area contributed by atoms with E-state index < -0.39 is 17.7 Å². The normalized spacial score (nSPS) is 20.9. The average Bonchev–Trinajstić information content (AvgIpc) is 3.84. The van der Waals surface area contributed by atoms with E-state index in [1.54, 1.807) is 0 Å². The van der Waals surface area contributed by atoms with E-state index in [0.717, 1.165) is 25.7 Å². The van der Waals surface area contributed by atoms with E-state index in [1.807, 2.05) is 0 Å². The maximum Gasteiger partial charge on any atom is 0.319 e. The number of halogens is 4. The van der Waals surface area contributed by atoms with Gasteiger partial charge in [0.05, 0.1) is 18.8 Å². The number of phenolic OH excluding ortho intramolecular Hbond substituents is 1. The fraction of sp³-hybridized carbons (Fsp3) is 0.462. The molecule has 1 saturated carbocycles. The lowest BCUT2D eigenvalue weighted by Crippen LogP contribution is -2.51.